The van der Waals surface area contributed by atoms with Gasteiger partial charge in [0, 0.05) is 19.1 Å². The number of benzene rings is 1. The Balaban J connectivity index is 0.00000364. The first-order valence-corrected chi connectivity index (χ1v) is 9.87. The normalized spacial score (nSPS) is 20.1. The Hall–Kier alpha value is -1.32. The van der Waals surface area contributed by atoms with E-state index >= 15 is 0 Å². The number of carbonyl (C=O) groups excluding carboxylic acids is 1. The zero-order valence-electron chi connectivity index (χ0n) is 15.1. The van der Waals surface area contributed by atoms with Gasteiger partial charge in [0.1, 0.15) is 0 Å². The molecule has 27 heavy (non-hydrogen) atoms. The third kappa shape index (κ3) is 6.36. The van der Waals surface area contributed by atoms with E-state index in [4.69, 9.17) is 5.73 Å². The number of halogens is 4. The summed E-state index contributed by atoms with van der Waals surface area (Å²) in [5, 5.41) is 0. The zero-order chi connectivity index (χ0) is 19.8. The van der Waals surface area contributed by atoms with E-state index in [0.717, 1.165) is 12.1 Å². The SMILES string of the molecule is CC1(C)CN(C(=O)Cc2ccc(S(=O)(=O)CC(F)(F)F)cc2)CCC1N.Cl. The Kier molecular flexibility index (Phi) is 7.35. The van der Waals surface area contributed by atoms with Gasteiger partial charge in [0.05, 0.1) is 11.3 Å². The molecule has 1 unspecified atom stereocenters. The van der Waals surface area contributed by atoms with Crippen LogP contribution in [-0.2, 0) is 21.1 Å². The second kappa shape index (κ2) is 8.36. The molecule has 0 spiro atoms. The average Bonchev–Trinajstić information content (AvgIpc) is 2.48. The molecule has 5 nitrogen and oxygen atoms in total. The van der Waals surface area contributed by atoms with E-state index in [1.807, 2.05) is 13.8 Å². The number of amides is 1. The molecule has 1 heterocycles. The van der Waals surface area contributed by atoms with E-state index in [-0.39, 0.29) is 36.2 Å². The molecule has 2 N–H and O–H groups in total. The van der Waals surface area contributed by atoms with Gasteiger partial charge < -0.3 is 10.6 Å². The first-order valence-electron chi connectivity index (χ1n) is 8.22. The first-order chi connectivity index (χ1) is 11.8. The van der Waals surface area contributed by atoms with E-state index in [1.165, 1.54) is 12.1 Å². The standard InChI is InChI=1S/C17H23F3N2O3S.ClH/c1-16(2)10-22(8-7-14(16)21)15(23)9-12-3-5-13(6-4-12)26(24,25)11-17(18,19)20;/h3-6,14H,7-11,21H2,1-2H3;1H. The topological polar surface area (TPSA) is 80.5 Å². The highest BCUT2D eigenvalue weighted by Gasteiger charge is 2.36. The molecule has 154 valence electrons. The van der Waals surface area contributed by atoms with Gasteiger partial charge >= 0.3 is 6.18 Å². The summed E-state index contributed by atoms with van der Waals surface area (Å²) in [5.41, 5.74) is 6.41. The molecular weight excluding hydrogens is 405 g/mol. The van der Waals surface area contributed by atoms with Gasteiger partial charge in [-0.25, -0.2) is 8.42 Å². The minimum atomic E-state index is -4.80. The summed E-state index contributed by atoms with van der Waals surface area (Å²) < 4.78 is 60.5. The molecule has 0 radical (unpaired) electrons. The lowest BCUT2D eigenvalue weighted by Gasteiger charge is -2.42. The molecule has 1 aromatic carbocycles. The summed E-state index contributed by atoms with van der Waals surface area (Å²) in [7, 11) is -4.44. The van der Waals surface area contributed by atoms with E-state index in [0.29, 0.717) is 25.1 Å². The zero-order valence-corrected chi connectivity index (χ0v) is 16.8. The van der Waals surface area contributed by atoms with E-state index in [2.05, 4.69) is 0 Å². The number of nitrogens with zero attached hydrogens (tertiary/aromatic N) is 1. The van der Waals surface area contributed by atoms with Crippen molar-refractivity contribution in [1.29, 1.82) is 0 Å². The fourth-order valence-electron chi connectivity index (χ4n) is 2.99. The molecule has 10 heteroatoms. The van der Waals surface area contributed by atoms with Gasteiger partial charge in [-0.15, -0.1) is 12.4 Å². The van der Waals surface area contributed by atoms with Crippen LogP contribution in [0.1, 0.15) is 25.8 Å². The fourth-order valence-corrected chi connectivity index (χ4v) is 4.13. The number of piperidine rings is 1. The van der Waals surface area contributed by atoms with Crippen molar-refractivity contribution in [3.63, 3.8) is 0 Å². The number of sulfone groups is 1. The molecule has 1 aliphatic rings. The van der Waals surface area contributed by atoms with Crippen molar-refractivity contribution in [1.82, 2.24) is 4.90 Å². The number of likely N-dealkylation sites (tertiary alicyclic amines) is 1. The molecular formula is C17H24ClF3N2O3S. The summed E-state index contributed by atoms with van der Waals surface area (Å²) in [4.78, 5) is 13.8. The summed E-state index contributed by atoms with van der Waals surface area (Å²) in [6, 6.07) is 4.99. The molecule has 1 atom stereocenters. The largest absolute Gasteiger partial charge is 0.403 e. The van der Waals surface area contributed by atoms with Gasteiger partial charge in [-0.05, 0) is 29.5 Å². The van der Waals surface area contributed by atoms with Crippen LogP contribution in [0.2, 0.25) is 0 Å². The van der Waals surface area contributed by atoms with Crippen LogP contribution in [0.15, 0.2) is 29.2 Å². The summed E-state index contributed by atoms with van der Waals surface area (Å²) in [6.45, 7) is 5.08. The van der Waals surface area contributed by atoms with Crippen LogP contribution in [0.25, 0.3) is 0 Å². The molecule has 1 aromatic rings. The summed E-state index contributed by atoms with van der Waals surface area (Å²) in [5.74, 6) is -2.02. The second-order valence-electron chi connectivity index (χ2n) is 7.39. The van der Waals surface area contributed by atoms with Crippen LogP contribution < -0.4 is 5.73 Å². The quantitative estimate of drug-likeness (QED) is 0.799. The highest BCUT2D eigenvalue weighted by molar-refractivity contribution is 7.91. The van der Waals surface area contributed by atoms with Gasteiger partial charge in [0.2, 0.25) is 5.91 Å². The Bertz CT molecular complexity index is 765. The predicted molar refractivity (Wildman–Crippen MR) is 98.5 cm³/mol. The van der Waals surface area contributed by atoms with Crippen molar-refractivity contribution >= 4 is 28.2 Å². The lowest BCUT2D eigenvalue weighted by Crippen LogP contribution is -2.54. The molecule has 1 fully saturated rings. The first kappa shape index (κ1) is 23.7. The molecule has 1 saturated heterocycles. The maximum atomic E-state index is 12.4. The van der Waals surface area contributed by atoms with Crippen molar-refractivity contribution in [2.24, 2.45) is 11.1 Å². The number of hydrogen-bond acceptors (Lipinski definition) is 4. The van der Waals surface area contributed by atoms with Crippen LogP contribution in [0.3, 0.4) is 0 Å². The second-order valence-corrected chi connectivity index (χ2v) is 9.38. The van der Waals surface area contributed by atoms with Gasteiger partial charge in [-0.3, -0.25) is 4.79 Å². The van der Waals surface area contributed by atoms with Crippen molar-refractivity contribution in [2.45, 2.75) is 43.8 Å². The molecule has 2 rings (SSSR count). The smallest absolute Gasteiger partial charge is 0.342 e. The van der Waals surface area contributed by atoms with Crippen LogP contribution in [0.4, 0.5) is 13.2 Å². The van der Waals surface area contributed by atoms with Gasteiger partial charge in [0.15, 0.2) is 15.6 Å². The van der Waals surface area contributed by atoms with E-state index < -0.39 is 26.7 Å². The molecule has 0 aromatic heterocycles. The van der Waals surface area contributed by atoms with Crippen molar-refractivity contribution in [3.05, 3.63) is 29.8 Å². The Labute approximate surface area is 163 Å². The number of nitrogens with two attached hydrogens (primary N) is 1. The number of alkyl halides is 3. The number of carbonyl (C=O) groups is 1. The number of rotatable bonds is 4. The van der Waals surface area contributed by atoms with Gasteiger partial charge in [0.25, 0.3) is 0 Å². The Morgan fingerprint density at radius 1 is 1.26 bits per heavy atom. The van der Waals surface area contributed by atoms with Gasteiger partial charge in [-0.2, -0.15) is 13.2 Å². The highest BCUT2D eigenvalue weighted by Crippen LogP contribution is 2.28. The summed E-state index contributed by atoms with van der Waals surface area (Å²) in [6.07, 6.45) is -4.03. The molecule has 1 aliphatic heterocycles. The molecule has 0 bridgehead atoms. The minimum absolute atomic E-state index is 0. The monoisotopic (exact) mass is 428 g/mol. The van der Waals surface area contributed by atoms with Crippen LogP contribution in [0.5, 0.6) is 0 Å². The molecule has 1 amide bonds. The molecule has 0 aliphatic carbocycles. The molecule has 0 saturated carbocycles. The van der Waals surface area contributed by atoms with E-state index in [1.54, 1.807) is 4.90 Å². The Morgan fingerprint density at radius 3 is 2.30 bits per heavy atom. The van der Waals surface area contributed by atoms with Gasteiger partial charge in [-0.1, -0.05) is 26.0 Å². The third-order valence-electron chi connectivity index (χ3n) is 4.66. The fraction of sp³-hybridized carbons (Fsp3) is 0.588. The lowest BCUT2D eigenvalue weighted by molar-refractivity contribution is -0.133. The Morgan fingerprint density at radius 2 is 1.81 bits per heavy atom. The van der Waals surface area contributed by atoms with Crippen molar-refractivity contribution in [2.75, 3.05) is 18.8 Å². The number of hydrogen-bond donors (Lipinski definition) is 1. The maximum Gasteiger partial charge on any atom is 0.403 e. The predicted octanol–water partition coefficient (Wildman–Crippen LogP) is 2.57. The van der Waals surface area contributed by atoms with Crippen LogP contribution in [0, 0.1) is 5.41 Å². The minimum Gasteiger partial charge on any atom is -0.342 e. The third-order valence-corrected chi connectivity index (χ3v) is 6.35. The van der Waals surface area contributed by atoms with E-state index in [9.17, 15) is 26.4 Å². The van der Waals surface area contributed by atoms with Crippen molar-refractivity contribution in [3.8, 4) is 0 Å². The van der Waals surface area contributed by atoms with Crippen LogP contribution >= 0.6 is 12.4 Å². The summed E-state index contributed by atoms with van der Waals surface area (Å²) >= 11 is 0. The highest BCUT2D eigenvalue weighted by atomic mass is 35.5. The average molecular weight is 429 g/mol. The van der Waals surface area contributed by atoms with Crippen LogP contribution in [-0.4, -0.2) is 50.3 Å². The lowest BCUT2D eigenvalue weighted by atomic mass is 9.79. The maximum absolute atomic E-state index is 12.4. The van der Waals surface area contributed by atoms with Crippen molar-refractivity contribution < 1.29 is 26.4 Å².